The fraction of sp³-hybridized carbons (Fsp3) is 0.353. The molecule has 134 valence electrons. The summed E-state index contributed by atoms with van der Waals surface area (Å²) in [5.74, 6) is -1.40. The van der Waals surface area contributed by atoms with Crippen LogP contribution in [0.1, 0.15) is 30.3 Å². The van der Waals surface area contributed by atoms with Crippen LogP contribution < -0.4 is 5.32 Å². The number of rotatable bonds is 6. The van der Waals surface area contributed by atoms with Gasteiger partial charge in [-0.05, 0) is 38.5 Å². The van der Waals surface area contributed by atoms with Gasteiger partial charge in [0.05, 0.1) is 27.8 Å². The molecular formula is C17H19Cl2N3O3. The number of benzene rings is 1. The van der Waals surface area contributed by atoms with E-state index in [0.29, 0.717) is 22.2 Å². The Kier molecular flexibility index (Phi) is 6.08. The van der Waals surface area contributed by atoms with Crippen LogP contribution in [0, 0.1) is 13.8 Å². The van der Waals surface area contributed by atoms with Crippen molar-refractivity contribution >= 4 is 35.1 Å². The molecule has 2 N–H and O–H groups in total. The Morgan fingerprint density at radius 1 is 1.28 bits per heavy atom. The van der Waals surface area contributed by atoms with Gasteiger partial charge in [-0.1, -0.05) is 30.1 Å². The molecule has 0 saturated carbocycles. The van der Waals surface area contributed by atoms with Crippen molar-refractivity contribution in [3.05, 3.63) is 45.2 Å². The molecule has 2 aromatic rings. The highest BCUT2D eigenvalue weighted by Crippen LogP contribution is 2.26. The molecule has 1 heterocycles. The monoisotopic (exact) mass is 383 g/mol. The maximum atomic E-state index is 12.2. The van der Waals surface area contributed by atoms with Crippen LogP contribution >= 0.6 is 23.2 Å². The van der Waals surface area contributed by atoms with Crippen LogP contribution in [0.5, 0.6) is 0 Å². The summed E-state index contributed by atoms with van der Waals surface area (Å²) in [7, 11) is 0. The van der Waals surface area contributed by atoms with Gasteiger partial charge in [0.25, 0.3) is 0 Å². The molecule has 1 amide bonds. The molecule has 25 heavy (non-hydrogen) atoms. The van der Waals surface area contributed by atoms with Crippen LogP contribution in [0.3, 0.4) is 0 Å². The molecule has 6 nitrogen and oxygen atoms in total. The first-order valence-corrected chi connectivity index (χ1v) is 8.52. The van der Waals surface area contributed by atoms with Crippen LogP contribution in [0.25, 0.3) is 5.69 Å². The standard InChI is InChI=1S/C17H19Cl2N3O3/c1-4-15(17(24)25)20-16(23)8-12-9(2)21-22(10(12)3)11-5-6-13(18)14(19)7-11/h5-7,15H,4,8H2,1-3H3,(H,20,23)(H,24,25). The Morgan fingerprint density at radius 2 is 1.96 bits per heavy atom. The highest BCUT2D eigenvalue weighted by Gasteiger charge is 2.21. The number of aryl methyl sites for hydroxylation is 1. The largest absolute Gasteiger partial charge is 0.480 e. The quantitative estimate of drug-likeness (QED) is 0.800. The SMILES string of the molecule is CCC(NC(=O)Cc1c(C)nn(-c2ccc(Cl)c(Cl)c2)c1C)C(=O)O. The van der Waals surface area contributed by atoms with E-state index >= 15 is 0 Å². The van der Waals surface area contributed by atoms with E-state index in [-0.39, 0.29) is 12.3 Å². The van der Waals surface area contributed by atoms with Crippen molar-refractivity contribution in [1.29, 1.82) is 0 Å². The molecule has 1 aromatic carbocycles. The van der Waals surface area contributed by atoms with Gasteiger partial charge in [0.2, 0.25) is 5.91 Å². The van der Waals surface area contributed by atoms with Crippen LogP contribution in [0.4, 0.5) is 0 Å². The second-order valence-corrected chi connectivity index (χ2v) is 6.52. The van der Waals surface area contributed by atoms with Crippen LogP contribution in [0.15, 0.2) is 18.2 Å². The van der Waals surface area contributed by atoms with Crippen molar-refractivity contribution in [3.8, 4) is 5.69 Å². The maximum absolute atomic E-state index is 12.2. The van der Waals surface area contributed by atoms with E-state index in [9.17, 15) is 9.59 Å². The average Bonchev–Trinajstić information content (AvgIpc) is 2.83. The molecule has 0 spiro atoms. The number of carboxylic acid groups (broad SMARTS) is 1. The summed E-state index contributed by atoms with van der Waals surface area (Å²) in [5.41, 5.74) is 2.97. The maximum Gasteiger partial charge on any atom is 0.326 e. The van der Waals surface area contributed by atoms with E-state index in [1.54, 1.807) is 36.7 Å². The molecule has 0 fully saturated rings. The lowest BCUT2D eigenvalue weighted by atomic mass is 10.1. The first-order chi connectivity index (χ1) is 11.7. The minimum Gasteiger partial charge on any atom is -0.480 e. The third kappa shape index (κ3) is 4.32. The number of hydrogen-bond acceptors (Lipinski definition) is 3. The van der Waals surface area contributed by atoms with Crippen molar-refractivity contribution in [2.75, 3.05) is 0 Å². The van der Waals surface area contributed by atoms with Crippen molar-refractivity contribution in [3.63, 3.8) is 0 Å². The average molecular weight is 384 g/mol. The fourth-order valence-electron chi connectivity index (χ4n) is 2.54. The van der Waals surface area contributed by atoms with E-state index < -0.39 is 12.0 Å². The number of amides is 1. The number of carbonyl (C=O) groups is 2. The number of halogens is 2. The zero-order chi connectivity index (χ0) is 18.7. The Hall–Kier alpha value is -2.05. The molecule has 1 atom stereocenters. The Morgan fingerprint density at radius 3 is 2.52 bits per heavy atom. The van der Waals surface area contributed by atoms with Crippen molar-refractivity contribution in [2.24, 2.45) is 0 Å². The Bertz CT molecular complexity index is 818. The van der Waals surface area contributed by atoms with Crippen LogP contribution in [-0.2, 0) is 16.0 Å². The molecule has 0 radical (unpaired) electrons. The van der Waals surface area contributed by atoms with Gasteiger partial charge in [-0.3, -0.25) is 4.79 Å². The van der Waals surface area contributed by atoms with E-state index in [4.69, 9.17) is 28.3 Å². The second-order valence-electron chi connectivity index (χ2n) is 5.70. The normalized spacial score (nSPS) is 12.0. The second kappa shape index (κ2) is 7.89. The van der Waals surface area contributed by atoms with Gasteiger partial charge in [0.1, 0.15) is 6.04 Å². The molecule has 0 aliphatic rings. The lowest BCUT2D eigenvalue weighted by molar-refractivity contribution is -0.141. The summed E-state index contributed by atoms with van der Waals surface area (Å²) >= 11 is 12.0. The molecular weight excluding hydrogens is 365 g/mol. The number of nitrogens with one attached hydrogen (secondary N) is 1. The minimum absolute atomic E-state index is 0.0583. The molecule has 1 aromatic heterocycles. The fourth-order valence-corrected chi connectivity index (χ4v) is 2.84. The lowest BCUT2D eigenvalue weighted by Crippen LogP contribution is -2.41. The van der Waals surface area contributed by atoms with Crippen molar-refractivity contribution < 1.29 is 14.7 Å². The molecule has 8 heteroatoms. The molecule has 0 aliphatic carbocycles. The van der Waals surface area contributed by atoms with E-state index in [1.807, 2.05) is 6.92 Å². The number of aliphatic carboxylic acids is 1. The van der Waals surface area contributed by atoms with Gasteiger partial charge in [0, 0.05) is 11.3 Å². The molecule has 2 rings (SSSR count). The summed E-state index contributed by atoms with van der Waals surface area (Å²) in [6.07, 6.45) is 0.379. The smallest absolute Gasteiger partial charge is 0.326 e. The molecule has 0 aliphatic heterocycles. The van der Waals surface area contributed by atoms with Gasteiger partial charge >= 0.3 is 5.97 Å². The predicted molar refractivity (Wildman–Crippen MR) is 96.6 cm³/mol. The number of nitrogens with zero attached hydrogens (tertiary/aromatic N) is 2. The minimum atomic E-state index is -1.05. The zero-order valence-electron chi connectivity index (χ0n) is 14.1. The van der Waals surface area contributed by atoms with Gasteiger partial charge in [-0.25, -0.2) is 9.48 Å². The molecule has 1 unspecified atom stereocenters. The summed E-state index contributed by atoms with van der Waals surface area (Å²) in [4.78, 5) is 23.2. The Balaban J connectivity index is 2.26. The third-order valence-corrected chi connectivity index (χ3v) is 4.71. The highest BCUT2D eigenvalue weighted by molar-refractivity contribution is 6.42. The number of carbonyl (C=O) groups excluding carboxylic acids is 1. The summed E-state index contributed by atoms with van der Waals surface area (Å²) in [6, 6.07) is 4.28. The number of hydrogen-bond donors (Lipinski definition) is 2. The molecule has 0 bridgehead atoms. The van der Waals surface area contributed by atoms with Gasteiger partial charge in [-0.15, -0.1) is 0 Å². The van der Waals surface area contributed by atoms with E-state index in [1.165, 1.54) is 0 Å². The first kappa shape index (κ1) is 19.3. The van der Waals surface area contributed by atoms with Gasteiger partial charge < -0.3 is 10.4 Å². The van der Waals surface area contributed by atoms with Crippen LogP contribution in [-0.4, -0.2) is 32.8 Å². The van der Waals surface area contributed by atoms with Crippen molar-refractivity contribution in [1.82, 2.24) is 15.1 Å². The van der Waals surface area contributed by atoms with Crippen LogP contribution in [0.2, 0.25) is 10.0 Å². The number of carboxylic acids is 1. The van der Waals surface area contributed by atoms with E-state index in [2.05, 4.69) is 10.4 Å². The lowest BCUT2D eigenvalue weighted by Gasteiger charge is -2.12. The van der Waals surface area contributed by atoms with Crippen molar-refractivity contribution in [2.45, 2.75) is 39.7 Å². The van der Waals surface area contributed by atoms with Gasteiger partial charge in [-0.2, -0.15) is 5.10 Å². The topological polar surface area (TPSA) is 84.2 Å². The summed E-state index contributed by atoms with van der Waals surface area (Å²) in [6.45, 7) is 5.36. The third-order valence-electron chi connectivity index (χ3n) is 3.97. The first-order valence-electron chi connectivity index (χ1n) is 7.77. The zero-order valence-corrected chi connectivity index (χ0v) is 15.6. The summed E-state index contributed by atoms with van der Waals surface area (Å²) < 4.78 is 1.69. The summed E-state index contributed by atoms with van der Waals surface area (Å²) in [5, 5.41) is 16.9. The number of aromatic nitrogens is 2. The Labute approximate surface area is 155 Å². The predicted octanol–water partition coefficient (Wildman–Crippen LogP) is 3.32. The molecule has 0 saturated heterocycles. The van der Waals surface area contributed by atoms with Gasteiger partial charge in [0.15, 0.2) is 0 Å². The highest BCUT2D eigenvalue weighted by atomic mass is 35.5. The van der Waals surface area contributed by atoms with E-state index in [0.717, 1.165) is 16.9 Å².